The van der Waals surface area contributed by atoms with Crippen molar-refractivity contribution >= 4 is 17.3 Å². The quantitative estimate of drug-likeness (QED) is 0.600. The molecule has 2 nitrogen and oxygen atoms in total. The number of para-hydroxylation sites is 1. The van der Waals surface area contributed by atoms with E-state index in [9.17, 15) is 4.79 Å². The first kappa shape index (κ1) is 7.10. The second kappa shape index (κ2) is 2.48. The minimum atomic E-state index is 0.612. The van der Waals surface area contributed by atoms with E-state index in [0.29, 0.717) is 11.1 Å². The summed E-state index contributed by atoms with van der Waals surface area (Å²) in [4.78, 5) is 10.6. The number of hydrogen-bond acceptors (Lipinski definition) is 2. The second-order valence-corrected chi connectivity index (χ2v) is 2.74. The number of carbonyl (C=O) groups excluding carboxylic acids is 1. The molecule has 0 N–H and O–H groups in total. The lowest BCUT2D eigenvalue weighted by Crippen LogP contribution is -1.77. The summed E-state index contributed by atoms with van der Waals surface area (Å²) < 4.78 is 5.36. The number of carbonyl (C=O) groups is 1. The largest absolute Gasteiger partial charge is 0.461 e. The van der Waals surface area contributed by atoms with Crippen molar-refractivity contribution in [2.45, 2.75) is 6.92 Å². The lowest BCUT2D eigenvalue weighted by molar-refractivity contribution is 0.112. The first-order valence-electron chi connectivity index (χ1n) is 3.75. The molecule has 0 unspecified atom stereocenters. The van der Waals surface area contributed by atoms with Crippen LogP contribution in [0.4, 0.5) is 0 Å². The molecule has 0 saturated heterocycles. The van der Waals surface area contributed by atoms with Crippen LogP contribution < -0.4 is 0 Å². The van der Waals surface area contributed by atoms with E-state index in [1.54, 1.807) is 6.07 Å². The Kier molecular flexibility index (Phi) is 1.47. The topological polar surface area (TPSA) is 30.2 Å². The summed E-state index contributed by atoms with van der Waals surface area (Å²) in [5.74, 6) is 0.833. The summed E-state index contributed by atoms with van der Waals surface area (Å²) in [6, 6.07) is 7.44. The fraction of sp³-hybridized carbons (Fsp3) is 0.100. The minimum absolute atomic E-state index is 0.612. The normalized spacial score (nSPS) is 10.4. The molecule has 2 heteroatoms. The van der Waals surface area contributed by atoms with Crippen LogP contribution in [0.1, 0.15) is 16.1 Å². The maximum absolute atomic E-state index is 10.6. The number of rotatable bonds is 1. The zero-order valence-corrected chi connectivity index (χ0v) is 6.70. The zero-order chi connectivity index (χ0) is 8.55. The predicted octanol–water partition coefficient (Wildman–Crippen LogP) is 2.55. The fourth-order valence-corrected chi connectivity index (χ4v) is 1.31. The van der Waals surface area contributed by atoms with Gasteiger partial charge in [-0.2, -0.15) is 0 Å². The van der Waals surface area contributed by atoms with Crippen molar-refractivity contribution < 1.29 is 9.21 Å². The van der Waals surface area contributed by atoms with Gasteiger partial charge in [0, 0.05) is 5.39 Å². The SMILES string of the molecule is Cc1cc2cccc(C=O)c2o1. The van der Waals surface area contributed by atoms with E-state index in [1.165, 1.54) is 0 Å². The van der Waals surface area contributed by atoms with Crippen molar-refractivity contribution in [1.29, 1.82) is 0 Å². The van der Waals surface area contributed by atoms with Gasteiger partial charge in [-0.3, -0.25) is 4.79 Å². The molecule has 0 aliphatic carbocycles. The van der Waals surface area contributed by atoms with Crippen LogP contribution in [-0.4, -0.2) is 6.29 Å². The molecule has 0 bridgehead atoms. The van der Waals surface area contributed by atoms with Crippen LogP contribution in [0.3, 0.4) is 0 Å². The standard InChI is InChI=1S/C10H8O2/c1-7-5-8-3-2-4-9(6-11)10(8)12-7/h2-6H,1H3. The zero-order valence-electron chi connectivity index (χ0n) is 6.70. The highest BCUT2D eigenvalue weighted by Crippen LogP contribution is 2.21. The molecule has 0 spiro atoms. The van der Waals surface area contributed by atoms with Gasteiger partial charge in [0.05, 0.1) is 5.56 Å². The third kappa shape index (κ3) is 0.925. The molecule has 0 radical (unpaired) electrons. The number of benzene rings is 1. The van der Waals surface area contributed by atoms with Crippen LogP contribution in [0.25, 0.3) is 11.0 Å². The lowest BCUT2D eigenvalue weighted by atomic mass is 10.2. The number of furan rings is 1. The minimum Gasteiger partial charge on any atom is -0.461 e. The summed E-state index contributed by atoms with van der Waals surface area (Å²) >= 11 is 0. The van der Waals surface area contributed by atoms with Gasteiger partial charge in [0.15, 0.2) is 6.29 Å². The highest BCUT2D eigenvalue weighted by atomic mass is 16.3. The van der Waals surface area contributed by atoms with E-state index in [0.717, 1.165) is 17.4 Å². The molecule has 0 saturated carbocycles. The Balaban J connectivity index is 2.86. The summed E-state index contributed by atoms with van der Waals surface area (Å²) in [5.41, 5.74) is 1.30. The van der Waals surface area contributed by atoms with Gasteiger partial charge in [0.2, 0.25) is 0 Å². The first-order chi connectivity index (χ1) is 5.81. The average molecular weight is 160 g/mol. The second-order valence-electron chi connectivity index (χ2n) is 2.74. The summed E-state index contributed by atoms with van der Waals surface area (Å²) in [6.45, 7) is 1.87. The number of fused-ring (bicyclic) bond motifs is 1. The van der Waals surface area contributed by atoms with Gasteiger partial charge >= 0.3 is 0 Å². The van der Waals surface area contributed by atoms with Gasteiger partial charge < -0.3 is 4.42 Å². The van der Waals surface area contributed by atoms with Gasteiger partial charge in [0.1, 0.15) is 11.3 Å². The molecule has 0 aliphatic heterocycles. The monoisotopic (exact) mass is 160 g/mol. The molecule has 2 rings (SSSR count). The summed E-state index contributed by atoms with van der Waals surface area (Å²) in [5, 5.41) is 0.983. The molecule has 1 aromatic carbocycles. The van der Waals surface area contributed by atoms with E-state index < -0.39 is 0 Å². The van der Waals surface area contributed by atoms with Crippen LogP contribution in [0.15, 0.2) is 28.7 Å². The Hall–Kier alpha value is -1.57. The van der Waals surface area contributed by atoms with Crippen LogP contribution in [0, 0.1) is 6.92 Å². The van der Waals surface area contributed by atoms with Crippen molar-refractivity contribution in [3.63, 3.8) is 0 Å². The molecule has 0 aliphatic rings. The van der Waals surface area contributed by atoms with Gasteiger partial charge in [0.25, 0.3) is 0 Å². The molecule has 1 heterocycles. The predicted molar refractivity (Wildman–Crippen MR) is 46.3 cm³/mol. The van der Waals surface area contributed by atoms with Gasteiger partial charge in [-0.25, -0.2) is 0 Å². The molecular weight excluding hydrogens is 152 g/mol. The van der Waals surface area contributed by atoms with E-state index in [-0.39, 0.29) is 0 Å². The Labute approximate surface area is 69.8 Å². The van der Waals surface area contributed by atoms with Crippen LogP contribution in [0.5, 0.6) is 0 Å². The van der Waals surface area contributed by atoms with E-state index in [2.05, 4.69) is 0 Å². The van der Waals surface area contributed by atoms with E-state index >= 15 is 0 Å². The molecule has 1 aromatic heterocycles. The van der Waals surface area contributed by atoms with Gasteiger partial charge in [-0.05, 0) is 19.1 Å². The fourth-order valence-electron chi connectivity index (χ4n) is 1.31. The van der Waals surface area contributed by atoms with E-state index in [1.807, 2.05) is 25.1 Å². The first-order valence-corrected chi connectivity index (χ1v) is 3.75. The van der Waals surface area contributed by atoms with Crippen LogP contribution in [-0.2, 0) is 0 Å². The van der Waals surface area contributed by atoms with Crippen molar-refractivity contribution in [3.8, 4) is 0 Å². The van der Waals surface area contributed by atoms with Gasteiger partial charge in [-0.1, -0.05) is 12.1 Å². The number of aldehydes is 1. The molecule has 0 atom stereocenters. The number of aryl methyl sites for hydroxylation is 1. The third-order valence-corrected chi connectivity index (χ3v) is 1.82. The molecule has 0 amide bonds. The van der Waals surface area contributed by atoms with Crippen molar-refractivity contribution in [3.05, 3.63) is 35.6 Å². The Bertz CT molecular complexity index is 426. The van der Waals surface area contributed by atoms with Crippen LogP contribution >= 0.6 is 0 Å². The molecular formula is C10H8O2. The summed E-state index contributed by atoms with van der Waals surface area (Å²) in [7, 11) is 0. The maximum atomic E-state index is 10.6. The van der Waals surface area contributed by atoms with Crippen LogP contribution in [0.2, 0.25) is 0 Å². The maximum Gasteiger partial charge on any atom is 0.153 e. The van der Waals surface area contributed by atoms with Crippen molar-refractivity contribution in [1.82, 2.24) is 0 Å². The Morgan fingerprint density at radius 3 is 3.00 bits per heavy atom. The average Bonchev–Trinajstić information content (AvgIpc) is 2.44. The Morgan fingerprint density at radius 2 is 2.25 bits per heavy atom. The smallest absolute Gasteiger partial charge is 0.153 e. The molecule has 60 valence electrons. The van der Waals surface area contributed by atoms with E-state index in [4.69, 9.17) is 4.42 Å². The Morgan fingerprint density at radius 1 is 1.42 bits per heavy atom. The third-order valence-electron chi connectivity index (χ3n) is 1.82. The van der Waals surface area contributed by atoms with Crippen molar-refractivity contribution in [2.75, 3.05) is 0 Å². The van der Waals surface area contributed by atoms with Crippen molar-refractivity contribution in [2.24, 2.45) is 0 Å². The summed E-state index contributed by atoms with van der Waals surface area (Å²) in [6.07, 6.45) is 0.811. The highest BCUT2D eigenvalue weighted by molar-refractivity contribution is 5.94. The molecule has 2 aromatic rings. The molecule has 12 heavy (non-hydrogen) atoms. The highest BCUT2D eigenvalue weighted by Gasteiger charge is 2.03. The van der Waals surface area contributed by atoms with Gasteiger partial charge in [-0.15, -0.1) is 0 Å². The molecule has 0 fully saturated rings. The number of hydrogen-bond donors (Lipinski definition) is 0. The lowest BCUT2D eigenvalue weighted by Gasteiger charge is -1.90.